The van der Waals surface area contributed by atoms with Crippen LogP contribution in [0.1, 0.15) is 36.0 Å². The molecule has 5 rings (SSSR count). The molecule has 1 amide bonds. The molecule has 1 fully saturated rings. The van der Waals surface area contributed by atoms with E-state index in [2.05, 4.69) is 38.6 Å². The minimum atomic E-state index is -0.0530. The van der Waals surface area contributed by atoms with E-state index < -0.39 is 0 Å². The summed E-state index contributed by atoms with van der Waals surface area (Å²) in [5.41, 5.74) is 6.21. The highest BCUT2D eigenvalue weighted by Gasteiger charge is 2.21. The van der Waals surface area contributed by atoms with Gasteiger partial charge < -0.3 is 15.5 Å². The van der Waals surface area contributed by atoms with E-state index in [0.717, 1.165) is 53.1 Å². The molecule has 33 heavy (non-hydrogen) atoms. The van der Waals surface area contributed by atoms with Crippen molar-refractivity contribution in [3.63, 3.8) is 0 Å². The maximum Gasteiger partial charge on any atom is 0.228 e. The number of anilines is 3. The normalized spacial score (nSPS) is 15.2. The maximum absolute atomic E-state index is 12.5. The minimum absolute atomic E-state index is 0.0530. The number of amides is 1. The van der Waals surface area contributed by atoms with Gasteiger partial charge in [0.05, 0.1) is 17.8 Å². The van der Waals surface area contributed by atoms with Crippen LogP contribution in [0.4, 0.5) is 17.3 Å². The number of benzene rings is 2. The van der Waals surface area contributed by atoms with E-state index in [1.165, 1.54) is 31.5 Å². The fourth-order valence-corrected chi connectivity index (χ4v) is 4.58. The van der Waals surface area contributed by atoms with Crippen LogP contribution in [0.25, 0.3) is 11.3 Å². The zero-order chi connectivity index (χ0) is 22.6. The second-order valence-electron chi connectivity index (χ2n) is 8.67. The van der Waals surface area contributed by atoms with Gasteiger partial charge in [-0.2, -0.15) is 0 Å². The number of carbonyl (C=O) groups excluding carboxylic acids is 1. The SMILES string of the molecule is C#Cc1cccc(Nc2ncc3c(n2)-c2cc(CCCN4CCCC4)ccc2NC(=O)C3)c1. The van der Waals surface area contributed by atoms with E-state index in [1.54, 1.807) is 6.20 Å². The lowest BCUT2D eigenvalue weighted by Crippen LogP contribution is -2.20. The van der Waals surface area contributed by atoms with Crippen molar-refractivity contribution in [3.8, 4) is 23.6 Å². The summed E-state index contributed by atoms with van der Waals surface area (Å²) >= 11 is 0. The monoisotopic (exact) mass is 437 g/mol. The maximum atomic E-state index is 12.5. The molecule has 2 aliphatic heterocycles. The van der Waals surface area contributed by atoms with Crippen molar-refractivity contribution >= 4 is 23.2 Å². The number of carbonyl (C=O) groups is 1. The average Bonchev–Trinajstić information content (AvgIpc) is 3.30. The number of rotatable bonds is 6. The molecule has 0 spiro atoms. The zero-order valence-corrected chi connectivity index (χ0v) is 18.6. The number of terminal acetylenes is 1. The van der Waals surface area contributed by atoms with Gasteiger partial charge in [-0.3, -0.25) is 4.79 Å². The summed E-state index contributed by atoms with van der Waals surface area (Å²) in [5, 5.41) is 6.27. The second kappa shape index (κ2) is 9.43. The first-order chi connectivity index (χ1) is 16.2. The van der Waals surface area contributed by atoms with E-state index >= 15 is 0 Å². The van der Waals surface area contributed by atoms with E-state index in [0.29, 0.717) is 5.95 Å². The minimum Gasteiger partial charge on any atom is -0.325 e. The number of aromatic nitrogens is 2. The second-order valence-corrected chi connectivity index (χ2v) is 8.67. The van der Waals surface area contributed by atoms with Crippen molar-refractivity contribution in [2.24, 2.45) is 0 Å². The van der Waals surface area contributed by atoms with Gasteiger partial charge in [-0.05, 0) is 81.2 Å². The Morgan fingerprint density at radius 1 is 1.15 bits per heavy atom. The fraction of sp³-hybridized carbons (Fsp3) is 0.296. The Morgan fingerprint density at radius 2 is 2.03 bits per heavy atom. The van der Waals surface area contributed by atoms with Crippen LogP contribution in [0.3, 0.4) is 0 Å². The Bertz CT molecular complexity index is 1220. The molecule has 166 valence electrons. The Balaban J connectivity index is 1.42. The Morgan fingerprint density at radius 3 is 2.88 bits per heavy atom. The van der Waals surface area contributed by atoms with Crippen LogP contribution in [0.5, 0.6) is 0 Å². The molecular formula is C27H27N5O. The summed E-state index contributed by atoms with van der Waals surface area (Å²) in [7, 11) is 0. The number of hydrogen-bond acceptors (Lipinski definition) is 5. The Labute approximate surface area is 194 Å². The third-order valence-corrected chi connectivity index (χ3v) is 6.25. The molecule has 6 nitrogen and oxygen atoms in total. The van der Waals surface area contributed by atoms with Gasteiger partial charge in [-0.25, -0.2) is 9.97 Å². The summed E-state index contributed by atoms with van der Waals surface area (Å²) in [5.74, 6) is 3.06. The third kappa shape index (κ3) is 4.89. The molecule has 0 unspecified atom stereocenters. The molecule has 0 atom stereocenters. The van der Waals surface area contributed by atoms with Gasteiger partial charge in [-0.1, -0.05) is 18.1 Å². The molecule has 2 aromatic carbocycles. The summed E-state index contributed by atoms with van der Waals surface area (Å²) in [6.45, 7) is 3.58. The van der Waals surface area contributed by atoms with Crippen molar-refractivity contribution in [2.45, 2.75) is 32.1 Å². The Kier molecular flexibility index (Phi) is 6.05. The van der Waals surface area contributed by atoms with E-state index in [-0.39, 0.29) is 12.3 Å². The average molecular weight is 438 g/mol. The number of nitrogens with zero attached hydrogens (tertiary/aromatic N) is 3. The summed E-state index contributed by atoms with van der Waals surface area (Å²) in [6, 6.07) is 13.9. The molecule has 3 aromatic rings. The molecular weight excluding hydrogens is 410 g/mol. The van der Waals surface area contributed by atoms with Gasteiger partial charge in [0.1, 0.15) is 0 Å². The first kappa shape index (κ1) is 21.2. The van der Waals surface area contributed by atoms with Crippen molar-refractivity contribution in [2.75, 3.05) is 30.3 Å². The molecule has 0 saturated carbocycles. The quantitative estimate of drug-likeness (QED) is 0.560. The van der Waals surface area contributed by atoms with Crippen LogP contribution in [0.2, 0.25) is 0 Å². The number of fused-ring (bicyclic) bond motifs is 3. The number of likely N-dealkylation sites (tertiary alicyclic amines) is 1. The van der Waals surface area contributed by atoms with Crippen molar-refractivity contribution < 1.29 is 4.79 Å². The molecule has 1 saturated heterocycles. The van der Waals surface area contributed by atoms with Crippen LogP contribution in [0, 0.1) is 12.3 Å². The van der Waals surface area contributed by atoms with Crippen molar-refractivity contribution in [3.05, 3.63) is 65.4 Å². The molecule has 3 heterocycles. The lowest BCUT2D eigenvalue weighted by atomic mass is 10.00. The molecule has 0 bridgehead atoms. The van der Waals surface area contributed by atoms with Crippen molar-refractivity contribution in [1.82, 2.24) is 14.9 Å². The van der Waals surface area contributed by atoms with Crippen LogP contribution in [-0.2, 0) is 17.6 Å². The van der Waals surface area contributed by atoms with Crippen LogP contribution in [0.15, 0.2) is 48.7 Å². The summed E-state index contributed by atoms with van der Waals surface area (Å²) in [6.07, 6.45) is 12.3. The number of aryl methyl sites for hydroxylation is 1. The van der Waals surface area contributed by atoms with Gasteiger partial charge in [0.2, 0.25) is 11.9 Å². The largest absolute Gasteiger partial charge is 0.325 e. The van der Waals surface area contributed by atoms with E-state index in [9.17, 15) is 4.79 Å². The van der Waals surface area contributed by atoms with Gasteiger partial charge in [-0.15, -0.1) is 6.42 Å². The predicted molar refractivity (Wildman–Crippen MR) is 131 cm³/mol. The molecule has 6 heteroatoms. The fourth-order valence-electron chi connectivity index (χ4n) is 4.58. The topological polar surface area (TPSA) is 70.2 Å². The lowest BCUT2D eigenvalue weighted by molar-refractivity contribution is -0.115. The molecule has 2 aliphatic rings. The smallest absolute Gasteiger partial charge is 0.228 e. The van der Waals surface area contributed by atoms with Gasteiger partial charge in [0.15, 0.2) is 0 Å². The molecule has 2 N–H and O–H groups in total. The highest BCUT2D eigenvalue weighted by Crippen LogP contribution is 2.34. The summed E-state index contributed by atoms with van der Waals surface area (Å²) in [4.78, 5) is 24.3. The zero-order valence-electron chi connectivity index (χ0n) is 18.6. The van der Waals surface area contributed by atoms with Crippen LogP contribution in [-0.4, -0.2) is 40.4 Å². The molecule has 0 radical (unpaired) electrons. The van der Waals surface area contributed by atoms with Gasteiger partial charge in [0.25, 0.3) is 0 Å². The third-order valence-electron chi connectivity index (χ3n) is 6.25. The van der Waals surface area contributed by atoms with Crippen LogP contribution >= 0.6 is 0 Å². The standard InChI is InChI=1S/C27H27N5O/c1-2-19-7-5-9-22(15-19)29-27-28-18-21-17-25(33)30-24-11-10-20(16-23(24)26(21)31-27)8-6-14-32-12-3-4-13-32/h1,5,7,9-11,15-16,18H,3-4,6,8,12-14,17H2,(H,30,33)(H,28,29,31). The van der Waals surface area contributed by atoms with E-state index in [1.807, 2.05) is 30.3 Å². The van der Waals surface area contributed by atoms with Gasteiger partial charge in [0, 0.05) is 28.6 Å². The molecule has 1 aromatic heterocycles. The first-order valence-corrected chi connectivity index (χ1v) is 11.5. The number of hydrogen-bond donors (Lipinski definition) is 2. The summed E-state index contributed by atoms with van der Waals surface area (Å²) < 4.78 is 0. The van der Waals surface area contributed by atoms with Crippen LogP contribution < -0.4 is 10.6 Å². The van der Waals surface area contributed by atoms with E-state index in [4.69, 9.17) is 11.4 Å². The van der Waals surface area contributed by atoms with Crippen molar-refractivity contribution in [1.29, 1.82) is 0 Å². The lowest BCUT2D eigenvalue weighted by Gasteiger charge is -2.15. The molecule has 0 aliphatic carbocycles. The highest BCUT2D eigenvalue weighted by atomic mass is 16.1. The predicted octanol–water partition coefficient (Wildman–Crippen LogP) is 4.39. The first-order valence-electron chi connectivity index (χ1n) is 11.5. The van der Waals surface area contributed by atoms with Gasteiger partial charge >= 0.3 is 0 Å². The number of nitrogens with one attached hydrogen (secondary N) is 2. The Hall–Kier alpha value is -3.69. The highest BCUT2D eigenvalue weighted by molar-refractivity contribution is 6.00.